The fraction of sp³-hybridized carbons (Fsp3) is 0.301. The van der Waals surface area contributed by atoms with Crippen LogP contribution in [0.15, 0.2) is 250 Å². The summed E-state index contributed by atoms with van der Waals surface area (Å²) in [4.78, 5) is 66.0. The van der Waals surface area contributed by atoms with E-state index in [1.165, 1.54) is 34.7 Å². The van der Waals surface area contributed by atoms with Gasteiger partial charge in [-0.2, -0.15) is 20.4 Å². The minimum absolute atomic E-state index is 0.171. The number of carbonyl (C=O) groups excluding carboxylic acids is 2. The second-order valence-electron chi connectivity index (χ2n) is 37.3. The summed E-state index contributed by atoms with van der Waals surface area (Å²) in [5.74, 6) is -0.0379. The van der Waals surface area contributed by atoms with Gasteiger partial charge in [0.05, 0.1) is 107 Å². The molecule has 4 saturated heterocycles. The summed E-state index contributed by atoms with van der Waals surface area (Å²) in [6.45, 7) is 15.5. The molecule has 20 rings (SSSR count). The molecule has 141 heavy (non-hydrogen) atoms. The van der Waals surface area contributed by atoms with Crippen molar-refractivity contribution in [3.05, 3.63) is 296 Å². The van der Waals surface area contributed by atoms with Crippen molar-refractivity contribution in [2.75, 3.05) is 80.7 Å². The van der Waals surface area contributed by atoms with Gasteiger partial charge < -0.3 is 81.4 Å². The monoisotopic (exact) mass is 1920 g/mol. The molecular weight excluding hydrogens is 1810 g/mol. The van der Waals surface area contributed by atoms with E-state index >= 15 is 0 Å². The Hall–Kier alpha value is -15.2. The number of hydrogen-bond donors (Lipinski definition) is 11. The van der Waals surface area contributed by atoms with Gasteiger partial charge in [0.15, 0.2) is 0 Å². The average Bonchev–Trinajstić information content (AvgIpc) is 1.47. The highest BCUT2D eigenvalue weighted by molar-refractivity contribution is 5.85. The number of nitrogens with one attached hydrogen (secondary N) is 5. The zero-order valence-corrected chi connectivity index (χ0v) is 78.5. The number of piperidine rings is 4. The molecule has 3 unspecified atom stereocenters. The average molecular weight is 1920 g/mol. The third-order valence-electron chi connectivity index (χ3n) is 24.7. The van der Waals surface area contributed by atoms with E-state index in [2.05, 4.69) is 92.8 Å². The number of fused-ring (bicyclic) bond motifs is 4. The number of rotatable bonds is 19. The van der Waals surface area contributed by atoms with E-state index in [9.17, 15) is 57.8 Å². The third kappa shape index (κ3) is 23.9. The molecule has 34 nitrogen and oxygen atoms in total. The van der Waals surface area contributed by atoms with Crippen LogP contribution >= 0.6 is 0 Å². The molecule has 4 aliphatic heterocycles. The Morgan fingerprint density at radius 1 is 0.397 bits per heavy atom. The number of aromatic nitrogens is 16. The highest BCUT2D eigenvalue weighted by Crippen LogP contribution is 2.40. The smallest absolute Gasteiger partial charge is 0.410 e. The molecule has 0 saturated carbocycles. The number of likely N-dealkylation sites (tertiary alicyclic amines) is 3. The molecule has 16 heterocycles. The van der Waals surface area contributed by atoms with Crippen molar-refractivity contribution in [2.24, 2.45) is 0 Å². The van der Waals surface area contributed by atoms with Gasteiger partial charge in [0.1, 0.15) is 76.1 Å². The molecule has 0 spiro atoms. The first-order valence-electron chi connectivity index (χ1n) is 46.3. The number of carbonyl (C=O) groups is 2. The first kappa shape index (κ1) is 97.5. The molecule has 4 fully saturated rings. The number of benzene rings is 4. The molecule has 38 heteroatoms. The molecule has 12 aromatic heterocycles. The lowest BCUT2D eigenvalue weighted by molar-refractivity contribution is -0.112. The van der Waals surface area contributed by atoms with Crippen LogP contribution in [0.5, 0.6) is 0 Å². The van der Waals surface area contributed by atoms with Gasteiger partial charge in [-0.1, -0.05) is 5.57 Å². The van der Waals surface area contributed by atoms with Gasteiger partial charge in [-0.3, -0.25) is 0 Å². The van der Waals surface area contributed by atoms with Gasteiger partial charge in [-0.25, -0.2) is 85.7 Å². The Bertz CT molecular complexity index is 7120. The number of aliphatic hydroxyl groups is 6. The summed E-state index contributed by atoms with van der Waals surface area (Å²) >= 11 is 0. The topological polar surface area (TPSA) is 418 Å². The summed E-state index contributed by atoms with van der Waals surface area (Å²) in [5, 5.41) is 101. The Morgan fingerprint density at radius 2 is 0.695 bits per heavy atom. The van der Waals surface area contributed by atoms with Gasteiger partial charge in [0.25, 0.3) is 0 Å². The Kier molecular flexibility index (Phi) is 28.9. The number of amides is 2. The Morgan fingerprint density at radius 3 is 1.00 bits per heavy atom. The molecule has 3 atom stereocenters. The van der Waals surface area contributed by atoms with Gasteiger partial charge in [0, 0.05) is 184 Å². The molecule has 4 aliphatic rings. The molecule has 16 aromatic rings. The Balaban J connectivity index is 0.000000130. The zero-order valence-electron chi connectivity index (χ0n) is 78.5. The van der Waals surface area contributed by atoms with Crippen molar-refractivity contribution in [2.45, 2.75) is 139 Å². The van der Waals surface area contributed by atoms with Crippen LogP contribution < -0.4 is 26.6 Å². The molecule has 4 aromatic carbocycles. The van der Waals surface area contributed by atoms with Crippen molar-refractivity contribution in [3.8, 4) is 22.7 Å². The third-order valence-corrected chi connectivity index (χ3v) is 24.7. The lowest BCUT2D eigenvalue weighted by Crippen LogP contribution is -2.50. The highest BCUT2D eigenvalue weighted by Gasteiger charge is 2.44. The van der Waals surface area contributed by atoms with Crippen LogP contribution in [0.25, 0.3) is 72.4 Å². The number of hydrogen-bond acceptors (Lipinski definition) is 28. The van der Waals surface area contributed by atoms with E-state index in [1.807, 2.05) is 58.2 Å². The van der Waals surface area contributed by atoms with Gasteiger partial charge >= 0.3 is 12.2 Å². The van der Waals surface area contributed by atoms with E-state index < -0.39 is 75.7 Å². The second kappa shape index (κ2) is 41.9. The maximum Gasteiger partial charge on any atom is 0.410 e. The summed E-state index contributed by atoms with van der Waals surface area (Å²) in [6.07, 6.45) is 21.7. The van der Waals surface area contributed by atoms with E-state index in [0.717, 1.165) is 45.6 Å². The molecule has 0 aliphatic carbocycles. The van der Waals surface area contributed by atoms with Crippen LogP contribution in [-0.4, -0.2) is 224 Å². The van der Waals surface area contributed by atoms with Crippen molar-refractivity contribution in [1.29, 1.82) is 0 Å². The normalized spacial score (nSPS) is 16.0. The predicted molar refractivity (Wildman–Crippen MR) is 526 cm³/mol. The van der Waals surface area contributed by atoms with Crippen LogP contribution in [-0.2, 0) is 9.47 Å². The molecule has 2 amide bonds. The van der Waals surface area contributed by atoms with Crippen molar-refractivity contribution in [3.63, 3.8) is 0 Å². The molecule has 0 radical (unpaired) electrons. The standard InChI is InChI=1S/C28H31FN6O4.C28H29FN6O2.C24H25FN6O2.C23H23FN6O2/c1-27(2,3)39-26(37)34-13-9-28(38,10-14-34)25(36)22-7-5-18-17-30-24(16-23(18)32-22)33-21-8-6-19(15-20(21)29)35-12-4-11-31-35;1-28(2,3)37-27(36)34-13-9-19(10-14-34)15-21-6-5-20-18-30-26(17-25(20)32-21)33-24-8-7-22(16-23(24)29)35-12-4-11-31-35;1-30-11-7-24(33,8-12-30)23(32)20-5-3-16-15-26-22(14-21(16)28-20)29-19-6-4-17(13-18(19)25)31-10-2-9-27-31;24-17-12-16(30-11-1-8-27-30)3-5-18(17)29-21-13-20-15(14-26-21)2-4-19(28-20)22(31)23(32)6-9-25-10-7-23/h4-8,11-12,15-17,25,36,38H,9-10,13-14H2,1-3H3,(H,30,33);4-8,11-12,15-18H,9-10,13-14H2,1-3H3,(H,30,33);2-6,9-10,13-15,23,32-33H,7-8,11-12H2,1H3,(H,26,29);1-5,8,11-14,22,25,31-32H,6-7,9-10H2,(H,26,29). The minimum atomic E-state index is -1.45. The van der Waals surface area contributed by atoms with Crippen LogP contribution in [0.1, 0.15) is 134 Å². The van der Waals surface area contributed by atoms with Gasteiger partial charge in [0.2, 0.25) is 0 Å². The summed E-state index contributed by atoms with van der Waals surface area (Å²) in [7, 11) is 2.00. The lowest BCUT2D eigenvalue weighted by Gasteiger charge is -2.40. The molecular formula is C103H108F4N24O10. The highest BCUT2D eigenvalue weighted by atomic mass is 19.1. The number of anilines is 8. The first-order chi connectivity index (χ1) is 67.7. The predicted octanol–water partition coefficient (Wildman–Crippen LogP) is 16.6. The Labute approximate surface area is 808 Å². The van der Waals surface area contributed by atoms with E-state index in [1.54, 1.807) is 234 Å². The molecule has 728 valence electrons. The van der Waals surface area contributed by atoms with Crippen LogP contribution in [0.4, 0.5) is 73.2 Å². The van der Waals surface area contributed by atoms with Crippen molar-refractivity contribution >= 4 is 108 Å². The van der Waals surface area contributed by atoms with E-state index in [-0.39, 0.29) is 49.1 Å². The summed E-state index contributed by atoms with van der Waals surface area (Å²) < 4.78 is 76.1. The fourth-order valence-electron chi connectivity index (χ4n) is 16.7. The number of pyridine rings is 8. The summed E-state index contributed by atoms with van der Waals surface area (Å²) in [5.41, 5.74) is 4.18. The van der Waals surface area contributed by atoms with Crippen molar-refractivity contribution < 1.29 is 67.3 Å². The number of ether oxygens (including phenoxy) is 2. The van der Waals surface area contributed by atoms with Crippen molar-refractivity contribution in [1.82, 2.24) is 99.0 Å². The maximum atomic E-state index is 14.8. The zero-order chi connectivity index (χ0) is 98.9. The van der Waals surface area contributed by atoms with E-state index in [0.29, 0.717) is 150 Å². The largest absolute Gasteiger partial charge is 0.444 e. The molecule has 11 N–H and O–H groups in total. The number of halogens is 4. The SMILES string of the molecule is CC(C)(C)OC(=O)N1CCC(=Cc2ccc3cnc(Nc4ccc(-n5cccn5)cc4F)cc3n2)CC1.CC(C)(C)OC(=O)N1CCC(O)(C(O)c2ccc3cnc(Nc4ccc(-n5cccn5)cc4F)cc3n2)CC1.CN1CCC(O)(C(O)c2ccc3cnc(Nc4ccc(-n5cccn5)cc4F)cc3n2)CC1.OC(c1ccc2cnc(Nc3ccc(-n4cccn4)cc3F)cc2n1)C1(O)CCNCC1. The number of nitrogens with zero attached hydrogens (tertiary/aromatic N) is 19. The second-order valence-corrected chi connectivity index (χ2v) is 37.3. The van der Waals surface area contributed by atoms with Crippen LogP contribution in [0.3, 0.4) is 0 Å². The number of aliphatic hydroxyl groups excluding tert-OH is 3. The quantitative estimate of drug-likeness (QED) is 0.0335. The lowest BCUT2D eigenvalue weighted by atomic mass is 9.84. The van der Waals surface area contributed by atoms with Gasteiger partial charge in [-0.05, 0) is 240 Å². The first-order valence-corrected chi connectivity index (χ1v) is 46.3. The van der Waals surface area contributed by atoms with E-state index in [4.69, 9.17) is 14.5 Å². The van der Waals surface area contributed by atoms with Gasteiger partial charge in [-0.15, -0.1) is 0 Å². The summed E-state index contributed by atoms with van der Waals surface area (Å²) in [6, 6.07) is 47.4. The van der Waals surface area contributed by atoms with Crippen LogP contribution in [0, 0.1) is 23.3 Å². The van der Waals surface area contributed by atoms with Crippen LogP contribution in [0.2, 0.25) is 0 Å². The maximum absolute atomic E-state index is 14.8. The molecule has 0 bridgehead atoms. The fourth-order valence-corrected chi connectivity index (χ4v) is 16.7. The minimum Gasteiger partial charge on any atom is -0.444 e.